The van der Waals surface area contributed by atoms with Gasteiger partial charge in [0.15, 0.2) is 9.84 Å². The Balaban J connectivity index is 2.01. The highest BCUT2D eigenvalue weighted by Gasteiger charge is 2.23. The first-order chi connectivity index (χ1) is 14.5. The Morgan fingerprint density at radius 2 is 1.77 bits per heavy atom. The third-order valence-corrected chi connectivity index (χ3v) is 7.54. The molecule has 0 aliphatic rings. The van der Waals surface area contributed by atoms with E-state index in [4.69, 9.17) is 16.3 Å². The number of hydrogen-bond donors (Lipinski definition) is 2. The van der Waals surface area contributed by atoms with Gasteiger partial charge in [0.1, 0.15) is 5.00 Å². The molecule has 0 atom stereocenters. The number of amides is 3. The zero-order chi connectivity index (χ0) is 23.2. The second-order valence-corrected chi connectivity index (χ2v) is 10.4. The van der Waals surface area contributed by atoms with Gasteiger partial charge in [0, 0.05) is 16.3 Å². The summed E-state index contributed by atoms with van der Waals surface area (Å²) >= 11 is 6.97. The maximum absolute atomic E-state index is 12.4. The van der Waals surface area contributed by atoms with Crippen LogP contribution < -0.4 is 10.6 Å². The third kappa shape index (κ3) is 6.78. The molecule has 0 bridgehead atoms. The van der Waals surface area contributed by atoms with E-state index in [0.717, 1.165) is 4.88 Å². The fourth-order valence-electron chi connectivity index (χ4n) is 2.68. The van der Waals surface area contributed by atoms with Crippen LogP contribution in [0.25, 0.3) is 0 Å². The van der Waals surface area contributed by atoms with Crippen LogP contribution in [0.2, 0.25) is 5.02 Å². The highest BCUT2D eigenvalue weighted by Crippen LogP contribution is 2.32. The summed E-state index contributed by atoms with van der Waals surface area (Å²) in [7, 11) is -3.54. The van der Waals surface area contributed by atoms with E-state index >= 15 is 0 Å². The second-order valence-electron chi connectivity index (χ2n) is 6.59. The Kier molecular flexibility index (Phi) is 8.60. The van der Waals surface area contributed by atoms with Crippen LogP contribution in [0.4, 0.5) is 9.80 Å². The lowest BCUT2D eigenvalue weighted by Gasteiger charge is -2.08. The van der Waals surface area contributed by atoms with Gasteiger partial charge in [-0.1, -0.05) is 11.6 Å². The normalized spacial score (nSPS) is 11.1. The van der Waals surface area contributed by atoms with Crippen molar-refractivity contribution in [3.63, 3.8) is 0 Å². The van der Waals surface area contributed by atoms with Crippen LogP contribution in [0.5, 0.6) is 0 Å². The van der Waals surface area contributed by atoms with Crippen LogP contribution in [0.1, 0.15) is 40.6 Å². The molecule has 3 amide bonds. The van der Waals surface area contributed by atoms with Crippen LogP contribution in [0.15, 0.2) is 29.2 Å². The number of imide groups is 1. The van der Waals surface area contributed by atoms with Gasteiger partial charge in [0.05, 0.1) is 22.8 Å². The summed E-state index contributed by atoms with van der Waals surface area (Å²) in [6.07, 6.45) is -0.827. The monoisotopic (exact) mass is 486 g/mol. The summed E-state index contributed by atoms with van der Waals surface area (Å²) in [5.74, 6) is -1.32. The van der Waals surface area contributed by atoms with Gasteiger partial charge in [-0.3, -0.25) is 14.9 Å². The number of carbonyl (C=O) groups is 3. The molecule has 0 aliphatic carbocycles. The Morgan fingerprint density at radius 3 is 2.39 bits per heavy atom. The van der Waals surface area contributed by atoms with Crippen molar-refractivity contribution in [3.8, 4) is 0 Å². The zero-order valence-corrected chi connectivity index (χ0v) is 19.7. The number of benzene rings is 1. The molecule has 168 valence electrons. The van der Waals surface area contributed by atoms with E-state index in [0.29, 0.717) is 15.6 Å². The number of thiophene rings is 1. The Morgan fingerprint density at radius 1 is 1.13 bits per heavy atom. The number of hydrogen-bond acceptors (Lipinski definition) is 7. The average Bonchev–Trinajstić information content (AvgIpc) is 2.95. The van der Waals surface area contributed by atoms with Gasteiger partial charge >= 0.3 is 6.09 Å². The zero-order valence-electron chi connectivity index (χ0n) is 17.3. The molecular formula is C20H23ClN2O6S2. The molecule has 0 saturated heterocycles. The van der Waals surface area contributed by atoms with Gasteiger partial charge in [-0.25, -0.2) is 13.2 Å². The Labute approximate surface area is 189 Å². The first kappa shape index (κ1) is 24.8. The predicted molar refractivity (Wildman–Crippen MR) is 120 cm³/mol. The van der Waals surface area contributed by atoms with Crippen molar-refractivity contribution in [1.82, 2.24) is 5.32 Å². The molecule has 1 aromatic heterocycles. The van der Waals surface area contributed by atoms with Gasteiger partial charge in [-0.15, -0.1) is 11.3 Å². The molecule has 0 saturated carbocycles. The lowest BCUT2D eigenvalue weighted by molar-refractivity contribution is -0.116. The van der Waals surface area contributed by atoms with Crippen molar-refractivity contribution in [3.05, 3.63) is 45.3 Å². The Bertz CT molecular complexity index is 1080. The topological polar surface area (TPSA) is 119 Å². The predicted octanol–water partition coefficient (Wildman–Crippen LogP) is 4.10. The molecule has 8 nitrogen and oxygen atoms in total. The fraction of sp³-hybridized carbons (Fsp3) is 0.350. The smallest absolute Gasteiger partial charge is 0.414 e. The molecule has 2 aromatic rings. The van der Waals surface area contributed by atoms with Crippen LogP contribution in [-0.2, 0) is 19.4 Å². The molecule has 1 aromatic carbocycles. The minimum absolute atomic E-state index is 0.0538. The fourth-order valence-corrected chi connectivity index (χ4v) is 5.19. The summed E-state index contributed by atoms with van der Waals surface area (Å²) in [6, 6.07) is 5.82. The van der Waals surface area contributed by atoms with Gasteiger partial charge in [-0.05, 0) is 57.0 Å². The molecule has 1 heterocycles. The molecule has 2 rings (SSSR count). The highest BCUT2D eigenvalue weighted by molar-refractivity contribution is 7.91. The number of nitrogens with one attached hydrogen (secondary N) is 2. The van der Waals surface area contributed by atoms with Crippen molar-refractivity contribution in [2.75, 3.05) is 17.7 Å². The maximum atomic E-state index is 12.4. The molecule has 0 aliphatic heterocycles. The summed E-state index contributed by atoms with van der Waals surface area (Å²) in [4.78, 5) is 37.3. The van der Waals surface area contributed by atoms with Crippen molar-refractivity contribution in [1.29, 1.82) is 0 Å². The minimum atomic E-state index is -3.54. The Hall–Kier alpha value is -2.43. The molecule has 11 heteroatoms. The third-order valence-electron chi connectivity index (χ3n) is 4.35. The molecule has 2 N–H and O–H groups in total. The lowest BCUT2D eigenvalue weighted by atomic mass is 10.1. The average molecular weight is 487 g/mol. The van der Waals surface area contributed by atoms with Crippen LogP contribution >= 0.6 is 22.9 Å². The number of anilines is 1. The number of sulfone groups is 1. The van der Waals surface area contributed by atoms with Crippen molar-refractivity contribution in [2.24, 2.45) is 0 Å². The van der Waals surface area contributed by atoms with E-state index in [1.807, 2.05) is 0 Å². The van der Waals surface area contributed by atoms with E-state index < -0.39 is 27.7 Å². The van der Waals surface area contributed by atoms with Crippen LogP contribution in [0, 0.1) is 13.8 Å². The molecule has 0 spiro atoms. The second kappa shape index (κ2) is 10.7. The van der Waals surface area contributed by atoms with E-state index in [2.05, 4.69) is 10.6 Å². The number of alkyl carbamates (subject to hydrolysis) is 1. The number of halogens is 1. The van der Waals surface area contributed by atoms with Crippen molar-refractivity contribution >= 4 is 55.7 Å². The molecule has 0 unspecified atom stereocenters. The number of aryl methyl sites for hydroxylation is 1. The van der Waals surface area contributed by atoms with E-state index in [-0.39, 0.29) is 35.7 Å². The molecule has 0 fully saturated rings. The standard InChI is InChI=1S/C20H23ClN2O6S2/c1-4-29-20(26)23-18(25)17-12(2)13(3)30-19(17)22-16(24)6-5-11-31(27,28)15-9-7-14(21)8-10-15/h7-10H,4-6,11H2,1-3H3,(H,22,24)(H,23,25,26). The summed E-state index contributed by atoms with van der Waals surface area (Å²) in [6.45, 7) is 5.22. The lowest BCUT2D eigenvalue weighted by Crippen LogP contribution is -2.32. The van der Waals surface area contributed by atoms with Crippen molar-refractivity contribution in [2.45, 2.75) is 38.5 Å². The van der Waals surface area contributed by atoms with Crippen LogP contribution in [0.3, 0.4) is 0 Å². The highest BCUT2D eigenvalue weighted by atomic mass is 35.5. The van der Waals surface area contributed by atoms with Crippen LogP contribution in [-0.4, -0.2) is 38.7 Å². The summed E-state index contributed by atoms with van der Waals surface area (Å²) < 4.78 is 29.4. The first-order valence-electron chi connectivity index (χ1n) is 9.41. The quantitative estimate of drug-likeness (QED) is 0.579. The number of ether oxygens (including phenoxy) is 1. The summed E-state index contributed by atoms with van der Waals surface area (Å²) in [5.41, 5.74) is 0.810. The van der Waals surface area contributed by atoms with E-state index in [9.17, 15) is 22.8 Å². The van der Waals surface area contributed by atoms with Crippen molar-refractivity contribution < 1.29 is 27.5 Å². The SMILES string of the molecule is CCOC(=O)NC(=O)c1c(NC(=O)CCCS(=O)(=O)c2ccc(Cl)cc2)sc(C)c1C. The number of carbonyl (C=O) groups excluding carboxylic acids is 3. The number of rotatable bonds is 8. The maximum Gasteiger partial charge on any atom is 0.414 e. The molecular weight excluding hydrogens is 464 g/mol. The van der Waals surface area contributed by atoms with E-state index in [1.54, 1.807) is 20.8 Å². The summed E-state index contributed by atoms with van der Waals surface area (Å²) in [5, 5.41) is 5.49. The van der Waals surface area contributed by atoms with E-state index in [1.165, 1.54) is 35.6 Å². The first-order valence-corrected chi connectivity index (χ1v) is 12.3. The largest absolute Gasteiger partial charge is 0.450 e. The minimum Gasteiger partial charge on any atom is -0.450 e. The molecule has 0 radical (unpaired) electrons. The molecule has 31 heavy (non-hydrogen) atoms. The van der Waals surface area contributed by atoms with Gasteiger partial charge in [0.25, 0.3) is 5.91 Å². The van der Waals surface area contributed by atoms with Gasteiger partial charge in [0.2, 0.25) is 5.91 Å². The van der Waals surface area contributed by atoms with Gasteiger partial charge in [-0.2, -0.15) is 0 Å². The van der Waals surface area contributed by atoms with Gasteiger partial charge < -0.3 is 10.1 Å².